The Balaban J connectivity index is 1.93. The molecule has 0 fully saturated rings. The third-order valence-electron chi connectivity index (χ3n) is 2.63. The number of allylic oxidation sites excluding steroid dienone is 1. The fraction of sp³-hybridized carbons (Fsp3) is 0.385. The van der Waals surface area contributed by atoms with Crippen molar-refractivity contribution >= 4 is 22.6 Å². The van der Waals surface area contributed by atoms with E-state index in [1.54, 1.807) is 0 Å². The van der Waals surface area contributed by atoms with Crippen molar-refractivity contribution in [3.05, 3.63) is 39.5 Å². The zero-order valence-electron chi connectivity index (χ0n) is 8.71. The van der Waals surface area contributed by atoms with E-state index in [1.807, 2.05) is 18.2 Å². The van der Waals surface area contributed by atoms with Crippen molar-refractivity contribution in [2.75, 3.05) is 6.61 Å². The molecule has 0 atom stereocenters. The highest BCUT2D eigenvalue weighted by Gasteiger charge is 2.05. The zero-order valence-corrected chi connectivity index (χ0v) is 10.9. The largest absolute Gasteiger partial charge is 0.488 e. The molecule has 0 aromatic heterocycles. The van der Waals surface area contributed by atoms with Gasteiger partial charge in [0.05, 0.1) is 3.57 Å². The topological polar surface area (TPSA) is 9.23 Å². The first-order valence-corrected chi connectivity index (χ1v) is 6.49. The molecule has 1 aromatic carbocycles. The maximum atomic E-state index is 5.80. The molecule has 0 unspecified atom stereocenters. The molecule has 1 aromatic rings. The summed E-state index contributed by atoms with van der Waals surface area (Å²) in [7, 11) is 0. The average Bonchev–Trinajstić information content (AvgIpc) is 2.29. The van der Waals surface area contributed by atoms with Crippen LogP contribution in [0, 0.1) is 3.57 Å². The van der Waals surface area contributed by atoms with E-state index in [-0.39, 0.29) is 0 Å². The molecule has 0 aliphatic heterocycles. The lowest BCUT2D eigenvalue weighted by Crippen LogP contribution is -2.04. The van der Waals surface area contributed by atoms with Crippen LogP contribution in [0.5, 0.6) is 5.75 Å². The SMILES string of the molecule is Ic1ccccc1OCC1=CCCCC1. The molecule has 1 aliphatic rings. The molecule has 2 heteroatoms. The van der Waals surface area contributed by atoms with Gasteiger partial charge in [0, 0.05) is 0 Å². The summed E-state index contributed by atoms with van der Waals surface area (Å²) in [6.45, 7) is 0.764. The molecule has 0 bridgehead atoms. The van der Waals surface area contributed by atoms with E-state index in [1.165, 1.54) is 34.8 Å². The Bertz CT molecular complexity index is 357. The number of halogens is 1. The van der Waals surface area contributed by atoms with Crippen LogP contribution < -0.4 is 4.74 Å². The van der Waals surface area contributed by atoms with E-state index >= 15 is 0 Å². The second kappa shape index (κ2) is 5.54. The van der Waals surface area contributed by atoms with Crippen LogP contribution in [-0.2, 0) is 0 Å². The van der Waals surface area contributed by atoms with Gasteiger partial charge >= 0.3 is 0 Å². The molecule has 2 rings (SSSR count). The van der Waals surface area contributed by atoms with Crippen molar-refractivity contribution in [2.45, 2.75) is 25.7 Å². The molecule has 0 saturated carbocycles. The third-order valence-corrected chi connectivity index (χ3v) is 3.53. The molecule has 0 spiro atoms. The molecular formula is C13H15IO. The first kappa shape index (κ1) is 11.0. The zero-order chi connectivity index (χ0) is 10.5. The lowest BCUT2D eigenvalue weighted by atomic mass is 10.0. The van der Waals surface area contributed by atoms with E-state index in [0.717, 1.165) is 12.4 Å². The van der Waals surface area contributed by atoms with E-state index in [4.69, 9.17) is 4.74 Å². The Kier molecular flexibility index (Phi) is 4.06. The summed E-state index contributed by atoms with van der Waals surface area (Å²) in [6, 6.07) is 8.16. The molecule has 0 amide bonds. The summed E-state index contributed by atoms with van der Waals surface area (Å²) in [6.07, 6.45) is 7.43. The first-order valence-electron chi connectivity index (χ1n) is 5.41. The quantitative estimate of drug-likeness (QED) is 0.601. The maximum absolute atomic E-state index is 5.80. The Labute approximate surface area is 105 Å². The van der Waals surface area contributed by atoms with Gasteiger partial charge < -0.3 is 4.74 Å². The number of ether oxygens (including phenoxy) is 1. The molecular weight excluding hydrogens is 299 g/mol. The van der Waals surface area contributed by atoms with Gasteiger partial charge in [-0.2, -0.15) is 0 Å². The number of hydrogen-bond acceptors (Lipinski definition) is 1. The summed E-state index contributed by atoms with van der Waals surface area (Å²) in [5.41, 5.74) is 1.46. The lowest BCUT2D eigenvalue weighted by molar-refractivity contribution is 0.341. The van der Waals surface area contributed by atoms with Crippen LogP contribution in [0.3, 0.4) is 0 Å². The van der Waals surface area contributed by atoms with E-state index in [0.29, 0.717) is 0 Å². The lowest BCUT2D eigenvalue weighted by Gasteiger charge is -2.14. The summed E-state index contributed by atoms with van der Waals surface area (Å²) < 4.78 is 6.99. The van der Waals surface area contributed by atoms with Gasteiger partial charge in [0.25, 0.3) is 0 Å². The van der Waals surface area contributed by atoms with Gasteiger partial charge in [-0.05, 0) is 66.0 Å². The Hall–Kier alpha value is -0.510. The van der Waals surface area contributed by atoms with Crippen LogP contribution in [-0.4, -0.2) is 6.61 Å². The second-order valence-corrected chi connectivity index (χ2v) is 4.99. The molecule has 15 heavy (non-hydrogen) atoms. The molecule has 1 aliphatic carbocycles. The minimum Gasteiger partial charge on any atom is -0.488 e. The van der Waals surface area contributed by atoms with Crippen LogP contribution >= 0.6 is 22.6 Å². The number of hydrogen-bond donors (Lipinski definition) is 0. The van der Waals surface area contributed by atoms with Gasteiger partial charge in [-0.3, -0.25) is 0 Å². The number of rotatable bonds is 3. The van der Waals surface area contributed by atoms with Gasteiger partial charge in [0.2, 0.25) is 0 Å². The van der Waals surface area contributed by atoms with Crippen molar-refractivity contribution in [1.82, 2.24) is 0 Å². The third kappa shape index (κ3) is 3.23. The standard InChI is InChI=1S/C13H15IO/c14-12-8-4-5-9-13(12)15-10-11-6-2-1-3-7-11/h4-6,8-9H,1-3,7,10H2. The minimum atomic E-state index is 0.764. The van der Waals surface area contributed by atoms with Crippen LogP contribution in [0.25, 0.3) is 0 Å². The molecule has 80 valence electrons. The van der Waals surface area contributed by atoms with Crippen molar-refractivity contribution in [3.63, 3.8) is 0 Å². The molecule has 0 saturated heterocycles. The van der Waals surface area contributed by atoms with Crippen LogP contribution in [0.1, 0.15) is 25.7 Å². The number of benzene rings is 1. The first-order chi connectivity index (χ1) is 7.36. The highest BCUT2D eigenvalue weighted by atomic mass is 127. The summed E-state index contributed by atoms with van der Waals surface area (Å²) in [5.74, 6) is 1.00. The van der Waals surface area contributed by atoms with Gasteiger partial charge in [0.1, 0.15) is 12.4 Å². The molecule has 0 heterocycles. The van der Waals surface area contributed by atoms with Gasteiger partial charge in [0.15, 0.2) is 0 Å². The summed E-state index contributed by atoms with van der Waals surface area (Å²) in [4.78, 5) is 0. The monoisotopic (exact) mass is 314 g/mol. The molecule has 1 nitrogen and oxygen atoms in total. The highest BCUT2D eigenvalue weighted by molar-refractivity contribution is 14.1. The molecule has 0 radical (unpaired) electrons. The summed E-state index contributed by atoms with van der Waals surface area (Å²) >= 11 is 2.31. The Morgan fingerprint density at radius 1 is 1.20 bits per heavy atom. The predicted molar refractivity (Wildman–Crippen MR) is 71.2 cm³/mol. The van der Waals surface area contributed by atoms with E-state index in [9.17, 15) is 0 Å². The van der Waals surface area contributed by atoms with Crippen molar-refractivity contribution in [3.8, 4) is 5.75 Å². The fourth-order valence-electron chi connectivity index (χ4n) is 1.77. The van der Waals surface area contributed by atoms with Gasteiger partial charge in [-0.15, -0.1) is 0 Å². The number of para-hydroxylation sites is 1. The van der Waals surface area contributed by atoms with Crippen LogP contribution in [0.2, 0.25) is 0 Å². The van der Waals surface area contributed by atoms with Crippen LogP contribution in [0.4, 0.5) is 0 Å². The van der Waals surface area contributed by atoms with Crippen LogP contribution in [0.15, 0.2) is 35.9 Å². The smallest absolute Gasteiger partial charge is 0.133 e. The second-order valence-electron chi connectivity index (χ2n) is 3.83. The van der Waals surface area contributed by atoms with Crippen molar-refractivity contribution in [2.24, 2.45) is 0 Å². The van der Waals surface area contributed by atoms with E-state index in [2.05, 4.69) is 34.7 Å². The average molecular weight is 314 g/mol. The predicted octanol–water partition coefficient (Wildman–Crippen LogP) is 4.17. The minimum absolute atomic E-state index is 0.764. The van der Waals surface area contributed by atoms with Gasteiger partial charge in [-0.1, -0.05) is 18.2 Å². The Morgan fingerprint density at radius 3 is 2.80 bits per heavy atom. The fourth-order valence-corrected chi connectivity index (χ4v) is 2.31. The Morgan fingerprint density at radius 2 is 2.07 bits per heavy atom. The van der Waals surface area contributed by atoms with Crippen molar-refractivity contribution in [1.29, 1.82) is 0 Å². The normalized spacial score (nSPS) is 15.9. The maximum Gasteiger partial charge on any atom is 0.133 e. The summed E-state index contributed by atoms with van der Waals surface area (Å²) in [5, 5.41) is 0. The van der Waals surface area contributed by atoms with Crippen molar-refractivity contribution < 1.29 is 4.74 Å². The van der Waals surface area contributed by atoms with Gasteiger partial charge in [-0.25, -0.2) is 0 Å². The van der Waals surface area contributed by atoms with E-state index < -0.39 is 0 Å². The highest BCUT2D eigenvalue weighted by Crippen LogP contribution is 2.22. The molecule has 0 N–H and O–H groups in total.